The number of rotatable bonds is 1. The van der Waals surface area contributed by atoms with E-state index in [1.165, 1.54) is 27.5 Å². The molecule has 146 valence electrons. The fourth-order valence-electron chi connectivity index (χ4n) is 4.73. The van der Waals surface area contributed by atoms with Gasteiger partial charge in [0.1, 0.15) is 11.2 Å². The van der Waals surface area contributed by atoms with Crippen molar-refractivity contribution >= 4 is 54.6 Å². The first-order valence-corrected chi connectivity index (χ1v) is 10.5. The zero-order valence-electron chi connectivity index (χ0n) is 17.0. The van der Waals surface area contributed by atoms with E-state index >= 15 is 0 Å². The van der Waals surface area contributed by atoms with E-state index in [0.717, 1.165) is 43.9 Å². The summed E-state index contributed by atoms with van der Waals surface area (Å²) in [6.45, 7) is 2.08. The lowest BCUT2D eigenvalue weighted by atomic mass is 10.00. The molecular formula is C29H18O2. The van der Waals surface area contributed by atoms with Gasteiger partial charge in [-0.1, -0.05) is 54.6 Å². The Morgan fingerprint density at radius 1 is 0.484 bits per heavy atom. The molecule has 0 aliphatic rings. The lowest BCUT2D eigenvalue weighted by Gasteiger charge is -2.04. The molecular weight excluding hydrogens is 380 g/mol. The number of fused-ring (bicyclic) bond motifs is 8. The topological polar surface area (TPSA) is 26.3 Å². The Hall–Kier alpha value is -4.04. The average Bonchev–Trinajstić information content (AvgIpc) is 3.35. The maximum Gasteiger partial charge on any atom is 0.178 e. The van der Waals surface area contributed by atoms with Gasteiger partial charge in [0.15, 0.2) is 11.2 Å². The average molecular weight is 398 g/mol. The van der Waals surface area contributed by atoms with Crippen molar-refractivity contribution in [1.29, 1.82) is 0 Å². The van der Waals surface area contributed by atoms with Gasteiger partial charge < -0.3 is 8.83 Å². The second-order valence-corrected chi connectivity index (χ2v) is 8.30. The highest BCUT2D eigenvalue weighted by atomic mass is 16.4. The summed E-state index contributed by atoms with van der Waals surface area (Å²) in [6.07, 6.45) is 0. The maximum absolute atomic E-state index is 6.39. The van der Waals surface area contributed by atoms with Gasteiger partial charge >= 0.3 is 0 Å². The van der Waals surface area contributed by atoms with Crippen molar-refractivity contribution in [2.45, 2.75) is 6.92 Å². The number of hydrogen-bond acceptors (Lipinski definition) is 2. The first-order valence-electron chi connectivity index (χ1n) is 10.5. The molecule has 0 saturated carbocycles. The van der Waals surface area contributed by atoms with E-state index in [9.17, 15) is 0 Å². The molecule has 0 unspecified atom stereocenters. The van der Waals surface area contributed by atoms with Crippen molar-refractivity contribution in [2.75, 3.05) is 0 Å². The number of furan rings is 2. The van der Waals surface area contributed by atoms with Crippen LogP contribution < -0.4 is 0 Å². The molecule has 0 saturated heterocycles. The van der Waals surface area contributed by atoms with Crippen LogP contribution in [-0.2, 0) is 0 Å². The van der Waals surface area contributed by atoms with Crippen LogP contribution in [0.15, 0.2) is 99.8 Å². The Morgan fingerprint density at radius 2 is 1.19 bits per heavy atom. The lowest BCUT2D eigenvalue weighted by molar-refractivity contribution is 0.633. The van der Waals surface area contributed by atoms with Crippen molar-refractivity contribution in [3.05, 3.63) is 96.6 Å². The second-order valence-electron chi connectivity index (χ2n) is 8.30. The van der Waals surface area contributed by atoms with Crippen molar-refractivity contribution in [3.63, 3.8) is 0 Å². The minimum absolute atomic E-state index is 0.819. The van der Waals surface area contributed by atoms with E-state index in [1.54, 1.807) is 0 Å². The third-order valence-electron chi connectivity index (χ3n) is 6.30. The van der Waals surface area contributed by atoms with E-state index in [4.69, 9.17) is 8.83 Å². The van der Waals surface area contributed by atoms with Crippen LogP contribution in [0.5, 0.6) is 0 Å². The molecule has 5 aromatic carbocycles. The predicted molar refractivity (Wildman–Crippen MR) is 129 cm³/mol. The van der Waals surface area contributed by atoms with Crippen LogP contribution in [0.2, 0.25) is 0 Å². The van der Waals surface area contributed by atoms with Gasteiger partial charge in [-0.25, -0.2) is 0 Å². The van der Waals surface area contributed by atoms with E-state index in [0.29, 0.717) is 0 Å². The Bertz CT molecular complexity index is 1780. The summed E-state index contributed by atoms with van der Waals surface area (Å²) in [7, 11) is 0. The van der Waals surface area contributed by atoms with Crippen LogP contribution in [0.25, 0.3) is 65.8 Å². The van der Waals surface area contributed by atoms with Gasteiger partial charge in [-0.05, 0) is 70.8 Å². The third-order valence-corrected chi connectivity index (χ3v) is 6.30. The molecule has 2 aromatic heterocycles. The van der Waals surface area contributed by atoms with Crippen LogP contribution in [0.4, 0.5) is 0 Å². The van der Waals surface area contributed by atoms with E-state index in [1.807, 2.05) is 6.07 Å². The van der Waals surface area contributed by atoms with Gasteiger partial charge in [-0.15, -0.1) is 0 Å². The van der Waals surface area contributed by atoms with Gasteiger partial charge in [0.25, 0.3) is 0 Å². The van der Waals surface area contributed by atoms with E-state index in [2.05, 4.69) is 91.9 Å². The summed E-state index contributed by atoms with van der Waals surface area (Å²) < 4.78 is 12.6. The Morgan fingerprint density at radius 3 is 2.00 bits per heavy atom. The molecule has 0 aliphatic carbocycles. The first kappa shape index (κ1) is 16.7. The first-order chi connectivity index (χ1) is 15.2. The fourth-order valence-corrected chi connectivity index (χ4v) is 4.73. The van der Waals surface area contributed by atoms with Gasteiger partial charge in [-0.3, -0.25) is 0 Å². The second kappa shape index (κ2) is 5.99. The Labute approximate surface area is 178 Å². The summed E-state index contributed by atoms with van der Waals surface area (Å²) in [4.78, 5) is 0. The minimum Gasteiger partial charge on any atom is -0.452 e. The molecule has 0 aliphatic heterocycles. The van der Waals surface area contributed by atoms with Gasteiger partial charge in [0.05, 0.1) is 0 Å². The molecule has 0 amide bonds. The lowest BCUT2D eigenvalue weighted by Crippen LogP contribution is -1.79. The van der Waals surface area contributed by atoms with Crippen LogP contribution in [0, 0.1) is 6.92 Å². The molecule has 7 aromatic rings. The summed E-state index contributed by atoms with van der Waals surface area (Å²) in [6, 6.07) is 32.1. The molecule has 31 heavy (non-hydrogen) atoms. The highest BCUT2D eigenvalue weighted by Gasteiger charge is 2.16. The fraction of sp³-hybridized carbons (Fsp3) is 0.0345. The van der Waals surface area contributed by atoms with Crippen molar-refractivity contribution < 1.29 is 8.83 Å². The molecule has 0 spiro atoms. The zero-order valence-corrected chi connectivity index (χ0v) is 17.0. The van der Waals surface area contributed by atoms with Gasteiger partial charge in [0.2, 0.25) is 0 Å². The summed E-state index contributed by atoms with van der Waals surface area (Å²) in [5.74, 6) is 0. The number of benzene rings is 5. The van der Waals surface area contributed by atoms with E-state index in [-0.39, 0.29) is 0 Å². The van der Waals surface area contributed by atoms with Gasteiger partial charge in [0, 0.05) is 21.5 Å². The maximum atomic E-state index is 6.39. The molecule has 2 heterocycles. The molecule has 2 nitrogen and oxygen atoms in total. The van der Waals surface area contributed by atoms with Crippen molar-refractivity contribution in [1.82, 2.24) is 0 Å². The quantitative estimate of drug-likeness (QED) is 0.277. The highest BCUT2D eigenvalue weighted by Crippen LogP contribution is 2.40. The van der Waals surface area contributed by atoms with E-state index < -0.39 is 0 Å². The molecule has 0 N–H and O–H groups in total. The predicted octanol–water partition coefficient (Wildman–Crippen LogP) is 8.61. The number of aryl methyl sites for hydroxylation is 1. The normalized spacial score (nSPS) is 12.0. The van der Waals surface area contributed by atoms with Crippen molar-refractivity contribution in [2.24, 2.45) is 0 Å². The smallest absolute Gasteiger partial charge is 0.178 e. The Balaban J connectivity index is 1.52. The summed E-state index contributed by atoms with van der Waals surface area (Å²) in [5, 5.41) is 6.80. The SMILES string of the molecule is Cc1ccc2c(c1)oc1c2ccc2c3cc4ccc(-c5ccccc5)cc4cc3oc21. The summed E-state index contributed by atoms with van der Waals surface area (Å²) in [5.41, 5.74) is 7.04. The summed E-state index contributed by atoms with van der Waals surface area (Å²) >= 11 is 0. The van der Waals surface area contributed by atoms with Crippen LogP contribution in [0.3, 0.4) is 0 Å². The highest BCUT2D eigenvalue weighted by molar-refractivity contribution is 6.20. The molecule has 0 radical (unpaired) electrons. The molecule has 0 bridgehead atoms. The third kappa shape index (κ3) is 2.39. The van der Waals surface area contributed by atoms with Gasteiger partial charge in [-0.2, -0.15) is 0 Å². The monoisotopic (exact) mass is 398 g/mol. The Kier molecular flexibility index (Phi) is 3.23. The van der Waals surface area contributed by atoms with Crippen molar-refractivity contribution in [3.8, 4) is 11.1 Å². The van der Waals surface area contributed by atoms with Crippen LogP contribution >= 0.6 is 0 Å². The molecule has 0 atom stereocenters. The minimum atomic E-state index is 0.819. The van der Waals surface area contributed by atoms with Crippen LogP contribution in [-0.4, -0.2) is 0 Å². The molecule has 0 fully saturated rings. The number of hydrogen-bond donors (Lipinski definition) is 0. The molecule has 2 heteroatoms. The standard InChI is InChI=1S/C29H18O2/c1-17-7-10-22-23-11-12-24-25-15-20-9-8-19(18-5-3-2-4-6-18)14-21(20)16-27(25)31-29(24)28(23)30-26(22)13-17/h2-16H,1H3. The molecule has 7 rings (SSSR count). The van der Waals surface area contributed by atoms with Crippen LogP contribution in [0.1, 0.15) is 5.56 Å². The zero-order chi connectivity index (χ0) is 20.5. The largest absolute Gasteiger partial charge is 0.452 e.